The number of thioether (sulfide) groups is 1. The van der Waals surface area contributed by atoms with E-state index in [0.717, 1.165) is 6.21 Å². The first-order valence-electron chi connectivity index (χ1n) is 12.8. The number of hydrogen-bond acceptors (Lipinski definition) is 14. The molecule has 0 radical (unpaired) electrons. The number of ether oxygens (including phenoxy) is 5. The molecule has 0 aromatic carbocycles. The summed E-state index contributed by atoms with van der Waals surface area (Å²) in [6.45, 7) is 6.70. The summed E-state index contributed by atoms with van der Waals surface area (Å²) >= 11 is 1.26. The number of esters is 4. The van der Waals surface area contributed by atoms with Gasteiger partial charge in [0.05, 0.1) is 24.0 Å². The van der Waals surface area contributed by atoms with E-state index in [0.29, 0.717) is 10.5 Å². The normalized spacial score (nSPS) is 22.0. The van der Waals surface area contributed by atoms with E-state index in [9.17, 15) is 19.2 Å². The van der Waals surface area contributed by atoms with Crippen LogP contribution in [0.4, 0.5) is 11.5 Å². The fraction of sp³-hybridized carbons (Fsp3) is 0.538. The van der Waals surface area contributed by atoms with Gasteiger partial charge < -0.3 is 28.6 Å². The third-order valence-electron chi connectivity index (χ3n) is 5.86. The van der Waals surface area contributed by atoms with Crippen LogP contribution in [0.15, 0.2) is 21.3 Å². The van der Waals surface area contributed by atoms with Crippen LogP contribution in [0.2, 0.25) is 0 Å². The minimum absolute atomic E-state index is 0.156. The quantitative estimate of drug-likeness (QED) is 0.0912. The lowest BCUT2D eigenvalue weighted by atomic mass is 9.95. The van der Waals surface area contributed by atoms with Crippen molar-refractivity contribution in [3.8, 4) is 0 Å². The van der Waals surface area contributed by atoms with Gasteiger partial charge in [-0.2, -0.15) is 0 Å². The van der Waals surface area contributed by atoms with Gasteiger partial charge in [0.25, 0.3) is 0 Å². The van der Waals surface area contributed by atoms with E-state index in [2.05, 4.69) is 20.0 Å². The van der Waals surface area contributed by atoms with Crippen LogP contribution in [0.5, 0.6) is 0 Å². The molecule has 4 atom stereocenters. The number of aliphatic imine (C=N–C) groups is 2. The van der Waals surface area contributed by atoms with Crippen molar-refractivity contribution in [2.24, 2.45) is 9.98 Å². The first-order valence-corrected chi connectivity index (χ1v) is 14.1. The van der Waals surface area contributed by atoms with E-state index in [1.807, 2.05) is 0 Å². The Labute approximate surface area is 246 Å². The van der Waals surface area contributed by atoms with Gasteiger partial charge in [0.15, 0.2) is 34.6 Å². The summed E-state index contributed by atoms with van der Waals surface area (Å²) in [7, 11) is 3.58. The minimum atomic E-state index is -1.63. The van der Waals surface area contributed by atoms with Crippen LogP contribution in [0.1, 0.15) is 40.8 Å². The van der Waals surface area contributed by atoms with Gasteiger partial charge in [-0.25, -0.2) is 24.7 Å². The molecule has 2 aromatic rings. The second-order valence-corrected chi connectivity index (χ2v) is 10.3. The standard InChI is InChI=1S/C26H34N6O9S/c1-9-37-19(36)10-27-17-11-32(23-20(17)22(28-13-31(6)7)29-25(30-23)42-8)24-26(5,41-16(4)35)21(39-15(3)34)18(40-24)12-38-14(2)33/h10-11,13,18,21,24H,9,12H2,1-8H3/b27-10+,28-13+/t18-,21-,24?,26-/m1/s1. The Balaban J connectivity index is 2.33. The third kappa shape index (κ3) is 7.42. The zero-order chi connectivity index (χ0) is 31.2. The molecule has 0 N–H and O–H groups in total. The maximum Gasteiger partial charge on any atom is 0.349 e. The van der Waals surface area contributed by atoms with Crippen molar-refractivity contribution in [1.29, 1.82) is 0 Å². The number of hydrogen-bond donors (Lipinski definition) is 0. The summed E-state index contributed by atoms with van der Waals surface area (Å²) < 4.78 is 29.3. The highest BCUT2D eigenvalue weighted by molar-refractivity contribution is 7.98. The Morgan fingerprint density at radius 3 is 2.40 bits per heavy atom. The zero-order valence-electron chi connectivity index (χ0n) is 24.6. The fourth-order valence-corrected chi connectivity index (χ4v) is 4.72. The minimum Gasteiger partial charge on any atom is -0.463 e. The van der Waals surface area contributed by atoms with Gasteiger partial charge in [0.2, 0.25) is 0 Å². The molecule has 1 aliphatic rings. The molecular formula is C26H34N6O9S. The summed E-state index contributed by atoms with van der Waals surface area (Å²) in [5.74, 6) is -2.35. The SMILES string of the molecule is CCOC(=O)/C=N/c1cn(C2O[C@H](COC(C)=O)[C@@H](OC(C)=O)[C@@]2(C)OC(C)=O)c2nc(SC)nc(/N=C/N(C)C)c12. The molecule has 0 aliphatic carbocycles. The highest BCUT2D eigenvalue weighted by atomic mass is 32.2. The summed E-state index contributed by atoms with van der Waals surface area (Å²) in [5.41, 5.74) is -1.12. The third-order valence-corrected chi connectivity index (χ3v) is 6.41. The smallest absolute Gasteiger partial charge is 0.349 e. The lowest BCUT2D eigenvalue weighted by Gasteiger charge is -2.34. The second-order valence-electron chi connectivity index (χ2n) is 9.51. The van der Waals surface area contributed by atoms with Gasteiger partial charge in [-0.05, 0) is 20.1 Å². The Morgan fingerprint density at radius 2 is 1.83 bits per heavy atom. The molecule has 2 aromatic heterocycles. The average molecular weight is 607 g/mol. The highest BCUT2D eigenvalue weighted by Crippen LogP contribution is 2.47. The van der Waals surface area contributed by atoms with Gasteiger partial charge in [-0.1, -0.05) is 11.8 Å². The molecular weight excluding hydrogens is 572 g/mol. The summed E-state index contributed by atoms with van der Waals surface area (Å²) in [5, 5.41) is 0.710. The largest absolute Gasteiger partial charge is 0.463 e. The first kappa shape index (κ1) is 32.5. The van der Waals surface area contributed by atoms with Crippen molar-refractivity contribution in [2.45, 2.75) is 63.8 Å². The molecule has 0 spiro atoms. The molecule has 228 valence electrons. The van der Waals surface area contributed by atoms with E-state index in [1.165, 1.54) is 50.2 Å². The maximum absolute atomic E-state index is 12.4. The fourth-order valence-electron chi connectivity index (χ4n) is 4.36. The monoisotopic (exact) mass is 606 g/mol. The summed E-state index contributed by atoms with van der Waals surface area (Å²) in [4.78, 5) is 68.0. The predicted molar refractivity (Wildman–Crippen MR) is 152 cm³/mol. The van der Waals surface area contributed by atoms with E-state index in [4.69, 9.17) is 23.7 Å². The van der Waals surface area contributed by atoms with Crippen LogP contribution in [0.25, 0.3) is 11.0 Å². The highest BCUT2D eigenvalue weighted by Gasteiger charge is 2.60. The van der Waals surface area contributed by atoms with Crippen LogP contribution in [0.3, 0.4) is 0 Å². The van der Waals surface area contributed by atoms with Crippen LogP contribution in [-0.4, -0.2) is 107 Å². The van der Waals surface area contributed by atoms with E-state index >= 15 is 0 Å². The van der Waals surface area contributed by atoms with Crippen molar-refractivity contribution in [3.63, 3.8) is 0 Å². The molecule has 0 amide bonds. The first-order chi connectivity index (χ1) is 19.8. The Bertz CT molecular complexity index is 1410. The molecule has 1 aliphatic heterocycles. The lowest BCUT2D eigenvalue weighted by molar-refractivity contribution is -0.184. The summed E-state index contributed by atoms with van der Waals surface area (Å²) in [6.07, 6.45) is 2.49. The van der Waals surface area contributed by atoms with Crippen molar-refractivity contribution in [3.05, 3.63) is 6.20 Å². The van der Waals surface area contributed by atoms with Crippen LogP contribution in [-0.2, 0) is 42.9 Å². The average Bonchev–Trinajstić information content (AvgIpc) is 3.38. The number of aromatic nitrogens is 3. The maximum atomic E-state index is 12.4. The van der Waals surface area contributed by atoms with Gasteiger partial charge >= 0.3 is 23.9 Å². The molecule has 1 fully saturated rings. The Kier molecular flexibility index (Phi) is 10.6. The number of rotatable bonds is 11. The van der Waals surface area contributed by atoms with E-state index in [-0.39, 0.29) is 30.4 Å². The Morgan fingerprint density at radius 1 is 1.12 bits per heavy atom. The predicted octanol–water partition coefficient (Wildman–Crippen LogP) is 2.35. The molecule has 16 heteroatoms. The molecule has 0 bridgehead atoms. The van der Waals surface area contributed by atoms with Gasteiger partial charge in [-0.3, -0.25) is 19.0 Å². The number of carbonyl (C=O) groups is 4. The molecule has 15 nitrogen and oxygen atoms in total. The Hall–Kier alpha value is -4.05. The zero-order valence-corrected chi connectivity index (χ0v) is 25.5. The van der Waals surface area contributed by atoms with Crippen molar-refractivity contribution in [1.82, 2.24) is 19.4 Å². The topological polar surface area (TPSA) is 173 Å². The number of nitrogens with zero attached hydrogens (tertiary/aromatic N) is 6. The second kappa shape index (κ2) is 13.7. The molecule has 0 saturated carbocycles. The molecule has 1 unspecified atom stereocenters. The van der Waals surface area contributed by atoms with E-state index < -0.39 is 47.9 Å². The van der Waals surface area contributed by atoms with Crippen molar-refractivity contribution < 1.29 is 42.9 Å². The van der Waals surface area contributed by atoms with E-state index in [1.54, 1.807) is 38.5 Å². The molecule has 3 rings (SSSR count). The van der Waals surface area contributed by atoms with Crippen LogP contribution >= 0.6 is 11.8 Å². The van der Waals surface area contributed by atoms with Crippen LogP contribution in [0, 0.1) is 0 Å². The lowest BCUT2D eigenvalue weighted by Crippen LogP contribution is -2.50. The van der Waals surface area contributed by atoms with Crippen LogP contribution < -0.4 is 0 Å². The van der Waals surface area contributed by atoms with Gasteiger partial charge in [0.1, 0.15) is 18.9 Å². The van der Waals surface area contributed by atoms with Gasteiger partial charge in [-0.15, -0.1) is 0 Å². The summed E-state index contributed by atoms with van der Waals surface area (Å²) in [6, 6.07) is 0. The van der Waals surface area contributed by atoms with Crippen molar-refractivity contribution >= 4 is 70.7 Å². The van der Waals surface area contributed by atoms with Gasteiger partial charge in [0, 0.05) is 41.1 Å². The molecule has 42 heavy (non-hydrogen) atoms. The molecule has 1 saturated heterocycles. The number of fused-ring (bicyclic) bond motifs is 1. The molecule has 3 heterocycles. The van der Waals surface area contributed by atoms with Crippen molar-refractivity contribution in [2.75, 3.05) is 33.6 Å². The number of carbonyl (C=O) groups excluding carboxylic acids is 4.